The molecule has 0 aromatic heterocycles. The molecule has 1 aliphatic carbocycles. The van der Waals surface area contributed by atoms with Crippen LogP contribution in [0, 0.1) is 5.92 Å². The van der Waals surface area contributed by atoms with E-state index >= 15 is 0 Å². The van der Waals surface area contributed by atoms with Gasteiger partial charge in [-0.3, -0.25) is 4.79 Å². The summed E-state index contributed by atoms with van der Waals surface area (Å²) in [4.78, 5) is 11.5. The number of hydrogen-bond acceptors (Lipinski definition) is 2. The molecule has 1 amide bonds. The smallest absolute Gasteiger partial charge is 0.234 e. The molecule has 88 valence electrons. The molecule has 0 atom stereocenters. The van der Waals surface area contributed by atoms with E-state index in [-0.39, 0.29) is 11.4 Å². The van der Waals surface area contributed by atoms with E-state index < -0.39 is 0 Å². The second-order valence-electron chi connectivity index (χ2n) is 5.58. The quantitative estimate of drug-likeness (QED) is 0.744. The van der Waals surface area contributed by atoms with Gasteiger partial charge in [-0.1, -0.05) is 12.8 Å². The van der Waals surface area contributed by atoms with Crippen LogP contribution >= 0.6 is 0 Å². The van der Waals surface area contributed by atoms with Crippen LogP contribution in [0.5, 0.6) is 0 Å². The molecule has 0 unspecified atom stereocenters. The molecule has 2 N–H and O–H groups in total. The van der Waals surface area contributed by atoms with Gasteiger partial charge in [-0.05, 0) is 46.1 Å². The molecule has 0 radical (unpaired) electrons. The summed E-state index contributed by atoms with van der Waals surface area (Å²) in [6.07, 6.45) is 5.38. The Balaban J connectivity index is 2.06. The molecule has 1 fully saturated rings. The van der Waals surface area contributed by atoms with Crippen LogP contribution in [0.25, 0.3) is 0 Å². The van der Waals surface area contributed by atoms with Crippen molar-refractivity contribution < 1.29 is 4.79 Å². The van der Waals surface area contributed by atoms with Crippen molar-refractivity contribution in [1.29, 1.82) is 0 Å². The van der Waals surface area contributed by atoms with Crippen molar-refractivity contribution in [2.45, 2.75) is 52.0 Å². The third-order valence-corrected chi connectivity index (χ3v) is 2.71. The number of nitrogens with one attached hydrogen (secondary N) is 2. The minimum Gasteiger partial charge on any atom is -0.350 e. The van der Waals surface area contributed by atoms with Crippen LogP contribution in [0.4, 0.5) is 0 Å². The molecule has 1 rings (SSSR count). The number of carbonyl (C=O) groups is 1. The molecule has 0 aromatic rings. The Hall–Kier alpha value is -0.570. The molecule has 3 nitrogen and oxygen atoms in total. The maximum atomic E-state index is 11.5. The maximum Gasteiger partial charge on any atom is 0.234 e. The number of amides is 1. The summed E-state index contributed by atoms with van der Waals surface area (Å²) in [7, 11) is 0. The molecule has 0 aliphatic heterocycles. The molecule has 0 saturated heterocycles. The number of hydrogen-bond donors (Lipinski definition) is 2. The Morgan fingerprint density at radius 1 is 1.27 bits per heavy atom. The summed E-state index contributed by atoms with van der Waals surface area (Å²) in [6, 6.07) is 0. The van der Waals surface area contributed by atoms with Gasteiger partial charge in [0, 0.05) is 5.54 Å². The summed E-state index contributed by atoms with van der Waals surface area (Å²) < 4.78 is 0. The Labute approximate surface area is 93.0 Å². The van der Waals surface area contributed by atoms with Gasteiger partial charge < -0.3 is 10.6 Å². The van der Waals surface area contributed by atoms with Crippen LogP contribution in [0.1, 0.15) is 46.5 Å². The van der Waals surface area contributed by atoms with Crippen molar-refractivity contribution in [3.05, 3.63) is 0 Å². The normalized spacial score (nSPS) is 18.1. The lowest BCUT2D eigenvalue weighted by atomic mass is 10.1. The van der Waals surface area contributed by atoms with Crippen molar-refractivity contribution in [2.75, 3.05) is 13.1 Å². The van der Waals surface area contributed by atoms with E-state index in [4.69, 9.17) is 0 Å². The zero-order chi connectivity index (χ0) is 11.3. The SMILES string of the molecule is CC(C)(C)NC(=O)CNCC1CCCC1. The van der Waals surface area contributed by atoms with Gasteiger partial charge in [0.05, 0.1) is 6.54 Å². The standard InChI is InChI=1S/C12H24N2O/c1-12(2,3)14-11(15)9-13-8-10-6-4-5-7-10/h10,13H,4-9H2,1-3H3,(H,14,15). The zero-order valence-electron chi connectivity index (χ0n) is 10.2. The monoisotopic (exact) mass is 212 g/mol. The minimum atomic E-state index is -0.119. The Kier molecular flexibility index (Phi) is 4.58. The van der Waals surface area contributed by atoms with Gasteiger partial charge in [0.25, 0.3) is 0 Å². The topological polar surface area (TPSA) is 41.1 Å². The summed E-state index contributed by atoms with van der Waals surface area (Å²) in [5.74, 6) is 0.896. The Morgan fingerprint density at radius 3 is 2.40 bits per heavy atom. The van der Waals surface area contributed by atoms with Gasteiger partial charge in [0.15, 0.2) is 0 Å². The lowest BCUT2D eigenvalue weighted by Crippen LogP contribution is -2.45. The van der Waals surface area contributed by atoms with Crippen molar-refractivity contribution in [2.24, 2.45) is 5.92 Å². The Morgan fingerprint density at radius 2 is 1.87 bits per heavy atom. The van der Waals surface area contributed by atoms with E-state index in [0.717, 1.165) is 12.5 Å². The van der Waals surface area contributed by atoms with Crippen LogP contribution < -0.4 is 10.6 Å². The van der Waals surface area contributed by atoms with E-state index in [9.17, 15) is 4.79 Å². The van der Waals surface area contributed by atoms with Crippen molar-refractivity contribution >= 4 is 5.91 Å². The van der Waals surface area contributed by atoms with Crippen LogP contribution in [-0.4, -0.2) is 24.5 Å². The van der Waals surface area contributed by atoms with Gasteiger partial charge in [-0.15, -0.1) is 0 Å². The van der Waals surface area contributed by atoms with Crippen molar-refractivity contribution in [3.63, 3.8) is 0 Å². The number of rotatable bonds is 4. The molecular formula is C12H24N2O. The van der Waals surface area contributed by atoms with Crippen molar-refractivity contribution in [3.8, 4) is 0 Å². The van der Waals surface area contributed by atoms with Gasteiger partial charge >= 0.3 is 0 Å². The molecule has 3 heteroatoms. The highest BCUT2D eigenvalue weighted by atomic mass is 16.2. The van der Waals surface area contributed by atoms with Crippen molar-refractivity contribution in [1.82, 2.24) is 10.6 Å². The van der Waals surface area contributed by atoms with Crippen LogP contribution in [-0.2, 0) is 4.79 Å². The maximum absolute atomic E-state index is 11.5. The van der Waals surface area contributed by atoms with Gasteiger partial charge in [-0.25, -0.2) is 0 Å². The largest absolute Gasteiger partial charge is 0.350 e. The fraction of sp³-hybridized carbons (Fsp3) is 0.917. The zero-order valence-corrected chi connectivity index (χ0v) is 10.2. The average molecular weight is 212 g/mol. The summed E-state index contributed by atoms with van der Waals surface area (Å²) in [6.45, 7) is 7.46. The van der Waals surface area contributed by atoms with E-state index in [1.807, 2.05) is 20.8 Å². The molecule has 0 aromatic carbocycles. The molecule has 1 aliphatic rings. The highest BCUT2D eigenvalue weighted by Gasteiger charge is 2.16. The third-order valence-electron chi connectivity index (χ3n) is 2.71. The summed E-state index contributed by atoms with van der Waals surface area (Å²) in [5.41, 5.74) is -0.119. The number of carbonyl (C=O) groups excluding carboxylic acids is 1. The molecule has 15 heavy (non-hydrogen) atoms. The Bertz CT molecular complexity index is 202. The van der Waals surface area contributed by atoms with E-state index in [0.29, 0.717) is 6.54 Å². The van der Waals surface area contributed by atoms with E-state index in [2.05, 4.69) is 10.6 Å². The first kappa shape index (κ1) is 12.5. The first-order valence-corrected chi connectivity index (χ1v) is 5.99. The van der Waals surface area contributed by atoms with E-state index in [1.165, 1.54) is 25.7 Å². The summed E-state index contributed by atoms with van der Waals surface area (Å²) in [5, 5.41) is 6.18. The highest BCUT2D eigenvalue weighted by Crippen LogP contribution is 2.23. The second-order valence-corrected chi connectivity index (χ2v) is 5.58. The lowest BCUT2D eigenvalue weighted by molar-refractivity contribution is -0.121. The first-order valence-electron chi connectivity index (χ1n) is 5.99. The molecule has 0 bridgehead atoms. The summed E-state index contributed by atoms with van der Waals surface area (Å²) >= 11 is 0. The van der Waals surface area contributed by atoms with Crippen LogP contribution in [0.2, 0.25) is 0 Å². The molecular weight excluding hydrogens is 188 g/mol. The van der Waals surface area contributed by atoms with Gasteiger partial charge in [0.2, 0.25) is 5.91 Å². The molecule has 0 spiro atoms. The average Bonchev–Trinajstić information content (AvgIpc) is 2.53. The first-order chi connectivity index (χ1) is 6.97. The van der Waals surface area contributed by atoms with Crippen LogP contribution in [0.15, 0.2) is 0 Å². The second kappa shape index (κ2) is 5.50. The third kappa shape index (κ3) is 5.78. The molecule has 1 saturated carbocycles. The fourth-order valence-corrected chi connectivity index (χ4v) is 2.07. The van der Waals surface area contributed by atoms with E-state index in [1.54, 1.807) is 0 Å². The fourth-order valence-electron chi connectivity index (χ4n) is 2.07. The minimum absolute atomic E-state index is 0.0977. The predicted molar refractivity (Wildman–Crippen MR) is 62.7 cm³/mol. The van der Waals surface area contributed by atoms with Gasteiger partial charge in [0.1, 0.15) is 0 Å². The highest BCUT2D eigenvalue weighted by molar-refractivity contribution is 5.78. The van der Waals surface area contributed by atoms with Crippen LogP contribution in [0.3, 0.4) is 0 Å². The predicted octanol–water partition coefficient (Wildman–Crippen LogP) is 1.68. The van der Waals surface area contributed by atoms with Gasteiger partial charge in [-0.2, -0.15) is 0 Å². The molecule has 0 heterocycles. The lowest BCUT2D eigenvalue weighted by Gasteiger charge is -2.21.